The predicted octanol–water partition coefficient (Wildman–Crippen LogP) is 7.92. The van der Waals surface area contributed by atoms with Crippen LogP contribution >= 0.6 is 20.0 Å². The van der Waals surface area contributed by atoms with Crippen LogP contribution in [0.4, 0.5) is 5.69 Å². The first-order valence-corrected chi connectivity index (χ1v) is 11.2. The van der Waals surface area contributed by atoms with Crippen LogP contribution in [0, 0.1) is 0 Å². The first kappa shape index (κ1) is 20.3. The summed E-state index contributed by atoms with van der Waals surface area (Å²) in [5.74, 6) is 1.25. The van der Waals surface area contributed by atoms with E-state index >= 15 is 0 Å². The molecule has 30 heavy (non-hydrogen) atoms. The maximum atomic E-state index is 6.38. The Bertz CT molecular complexity index is 1010. The van der Waals surface area contributed by atoms with Gasteiger partial charge in [0.2, 0.25) is 0 Å². The molecule has 4 aromatic carbocycles. The minimum Gasteiger partial charge on any atom is -0.437 e. The predicted molar refractivity (Wildman–Crippen MR) is 125 cm³/mol. The number of para-hydroxylation sites is 3. The van der Waals surface area contributed by atoms with E-state index in [1.165, 1.54) is 0 Å². The Labute approximate surface area is 183 Å². The van der Waals surface area contributed by atoms with E-state index in [-0.39, 0.29) is 5.78 Å². The third-order valence-electron chi connectivity index (χ3n) is 4.33. The van der Waals surface area contributed by atoms with Gasteiger partial charge in [0.05, 0.1) is 0 Å². The maximum absolute atomic E-state index is 6.38. The van der Waals surface area contributed by atoms with Crippen molar-refractivity contribution in [2.45, 2.75) is 5.78 Å². The molecular weight excluding hydrogens is 413 g/mol. The fourth-order valence-electron chi connectivity index (χ4n) is 2.92. The van der Waals surface area contributed by atoms with Crippen molar-refractivity contribution < 1.29 is 9.05 Å². The van der Waals surface area contributed by atoms with Crippen LogP contribution in [0.3, 0.4) is 0 Å². The van der Waals surface area contributed by atoms with Gasteiger partial charge >= 0.3 is 8.38 Å². The Morgan fingerprint density at radius 1 is 0.633 bits per heavy atom. The molecule has 1 atom stereocenters. The molecular formula is C25H21ClNO2P. The fourth-order valence-corrected chi connectivity index (χ4v) is 4.69. The van der Waals surface area contributed by atoms with E-state index in [1.807, 2.05) is 115 Å². The zero-order chi connectivity index (χ0) is 20.6. The highest BCUT2D eigenvalue weighted by atomic mass is 35.5. The van der Waals surface area contributed by atoms with Crippen molar-refractivity contribution >= 4 is 25.7 Å². The molecule has 0 fully saturated rings. The van der Waals surface area contributed by atoms with Gasteiger partial charge < -0.3 is 14.4 Å². The minimum absolute atomic E-state index is 0.249. The van der Waals surface area contributed by atoms with E-state index in [1.54, 1.807) is 0 Å². The van der Waals surface area contributed by atoms with Crippen molar-refractivity contribution in [3.8, 4) is 11.5 Å². The smallest absolute Gasteiger partial charge is 0.319 e. The van der Waals surface area contributed by atoms with Crippen molar-refractivity contribution in [1.29, 1.82) is 0 Å². The summed E-state index contributed by atoms with van der Waals surface area (Å²) < 4.78 is 12.8. The lowest BCUT2D eigenvalue weighted by molar-refractivity contribution is 0.479. The molecule has 0 heterocycles. The largest absolute Gasteiger partial charge is 0.437 e. The second kappa shape index (κ2) is 10.2. The van der Waals surface area contributed by atoms with E-state index in [9.17, 15) is 0 Å². The Morgan fingerprint density at radius 3 is 1.70 bits per heavy atom. The Hall–Kier alpha value is -3.00. The number of hydrogen-bond donors (Lipinski definition) is 1. The summed E-state index contributed by atoms with van der Waals surface area (Å²) >= 11 is 6.31. The van der Waals surface area contributed by atoms with Crippen LogP contribution in [-0.2, 0) is 0 Å². The Balaban J connectivity index is 1.72. The van der Waals surface area contributed by atoms with E-state index in [4.69, 9.17) is 20.6 Å². The van der Waals surface area contributed by atoms with Gasteiger partial charge in [-0.3, -0.25) is 0 Å². The average Bonchev–Trinajstić information content (AvgIpc) is 2.79. The summed E-state index contributed by atoms with van der Waals surface area (Å²) in [6.45, 7) is 0. The fraction of sp³-hybridized carbons (Fsp3) is 0.0400. The number of halogens is 1. The molecule has 0 aliphatic rings. The standard InChI is InChI=1S/C25H21ClNO2P/c26-21-12-10-11-20(19-21)25(27-22-13-4-1-5-14-22)30(28-23-15-6-2-7-16-23)29-24-17-8-3-9-18-24/h1-19,25,27H. The topological polar surface area (TPSA) is 30.5 Å². The zero-order valence-corrected chi connectivity index (χ0v) is 17.8. The number of benzene rings is 4. The SMILES string of the molecule is Clc1cccc(C(Nc2ccccc2)P(Oc2ccccc2)Oc2ccccc2)c1. The van der Waals surface area contributed by atoms with Crippen LogP contribution in [0.15, 0.2) is 115 Å². The number of nitrogens with one attached hydrogen (secondary N) is 1. The van der Waals surface area contributed by atoms with E-state index in [0.717, 1.165) is 22.7 Å². The molecule has 0 bridgehead atoms. The summed E-state index contributed by atoms with van der Waals surface area (Å²) in [5, 5.41) is 4.25. The molecule has 0 amide bonds. The van der Waals surface area contributed by atoms with Crippen LogP contribution in [-0.4, -0.2) is 0 Å². The molecule has 4 aromatic rings. The van der Waals surface area contributed by atoms with Crippen LogP contribution in [0.5, 0.6) is 11.5 Å². The molecule has 0 saturated heterocycles. The summed E-state index contributed by atoms with van der Waals surface area (Å²) in [6.07, 6.45) is 0. The third kappa shape index (κ3) is 5.54. The highest BCUT2D eigenvalue weighted by Crippen LogP contribution is 2.53. The van der Waals surface area contributed by atoms with Gasteiger partial charge in [-0.2, -0.15) is 0 Å². The van der Waals surface area contributed by atoms with Crippen LogP contribution in [0.25, 0.3) is 0 Å². The molecule has 3 nitrogen and oxygen atoms in total. The molecule has 0 aliphatic carbocycles. The summed E-state index contributed by atoms with van der Waals surface area (Å²) in [4.78, 5) is 0. The maximum Gasteiger partial charge on any atom is 0.319 e. The van der Waals surface area contributed by atoms with Crippen molar-refractivity contribution in [3.63, 3.8) is 0 Å². The minimum atomic E-state index is -1.46. The molecule has 5 heteroatoms. The van der Waals surface area contributed by atoms with Crippen molar-refractivity contribution in [3.05, 3.63) is 126 Å². The molecule has 150 valence electrons. The first-order valence-electron chi connectivity index (χ1n) is 9.60. The number of anilines is 1. The molecule has 0 saturated carbocycles. The highest BCUT2D eigenvalue weighted by Gasteiger charge is 2.30. The Kier molecular flexibility index (Phi) is 6.87. The molecule has 4 rings (SSSR count). The van der Waals surface area contributed by atoms with Gasteiger partial charge in [0.25, 0.3) is 0 Å². The number of rotatable bonds is 8. The Morgan fingerprint density at radius 2 is 1.17 bits per heavy atom. The summed E-state index contributed by atoms with van der Waals surface area (Å²) in [6, 6.07) is 37.3. The van der Waals surface area contributed by atoms with Gasteiger partial charge in [0.1, 0.15) is 17.3 Å². The van der Waals surface area contributed by atoms with Gasteiger partial charge in [-0.25, -0.2) is 0 Å². The zero-order valence-electron chi connectivity index (χ0n) is 16.2. The van der Waals surface area contributed by atoms with E-state index in [0.29, 0.717) is 5.02 Å². The monoisotopic (exact) mass is 433 g/mol. The average molecular weight is 434 g/mol. The van der Waals surface area contributed by atoms with Crippen LogP contribution in [0.1, 0.15) is 11.3 Å². The van der Waals surface area contributed by atoms with Crippen molar-refractivity contribution in [1.82, 2.24) is 0 Å². The molecule has 1 unspecified atom stereocenters. The highest BCUT2D eigenvalue weighted by molar-refractivity contribution is 7.48. The lowest BCUT2D eigenvalue weighted by Gasteiger charge is -2.28. The molecule has 0 aliphatic heterocycles. The molecule has 0 spiro atoms. The second-order valence-corrected chi connectivity index (χ2v) is 8.45. The van der Waals surface area contributed by atoms with E-state index < -0.39 is 8.38 Å². The van der Waals surface area contributed by atoms with Gasteiger partial charge in [0.15, 0.2) is 0 Å². The molecule has 0 radical (unpaired) electrons. The molecule has 1 N–H and O–H groups in total. The second-order valence-electron chi connectivity index (χ2n) is 6.56. The van der Waals surface area contributed by atoms with Gasteiger partial charge in [0, 0.05) is 10.7 Å². The third-order valence-corrected chi connectivity index (χ3v) is 6.20. The normalized spacial score (nSPS) is 11.7. The lowest BCUT2D eigenvalue weighted by atomic mass is 10.2. The quantitative estimate of drug-likeness (QED) is 0.286. The lowest BCUT2D eigenvalue weighted by Crippen LogP contribution is -2.15. The van der Waals surface area contributed by atoms with Crippen molar-refractivity contribution in [2.75, 3.05) is 5.32 Å². The van der Waals surface area contributed by atoms with Gasteiger partial charge in [-0.15, -0.1) is 0 Å². The van der Waals surface area contributed by atoms with Crippen LogP contribution < -0.4 is 14.4 Å². The summed E-state index contributed by atoms with van der Waals surface area (Å²) in [7, 11) is -1.46. The molecule has 0 aromatic heterocycles. The van der Waals surface area contributed by atoms with Gasteiger partial charge in [-0.1, -0.05) is 78.3 Å². The van der Waals surface area contributed by atoms with Crippen molar-refractivity contribution in [2.24, 2.45) is 0 Å². The van der Waals surface area contributed by atoms with Gasteiger partial charge in [-0.05, 0) is 54.1 Å². The first-order chi connectivity index (χ1) is 14.8. The van der Waals surface area contributed by atoms with E-state index in [2.05, 4.69) is 5.32 Å². The van der Waals surface area contributed by atoms with Crippen LogP contribution in [0.2, 0.25) is 5.02 Å². The summed E-state index contributed by atoms with van der Waals surface area (Å²) in [5.41, 5.74) is 1.97. The number of hydrogen-bond acceptors (Lipinski definition) is 3.